The second-order valence-electron chi connectivity index (χ2n) is 8.52. The summed E-state index contributed by atoms with van der Waals surface area (Å²) in [5, 5.41) is 19.6. The summed E-state index contributed by atoms with van der Waals surface area (Å²) >= 11 is 6.38. The molecule has 1 aliphatic heterocycles. The second-order valence-corrected chi connectivity index (χ2v) is 12.1. The first-order chi connectivity index (χ1) is 16.4. The maximum Gasteiger partial charge on any atom is 0.229 e. The number of fused-ring (bicyclic) bond motifs is 1. The topological polar surface area (TPSA) is 108 Å². The van der Waals surface area contributed by atoms with E-state index in [0.717, 1.165) is 47.1 Å². The Balaban J connectivity index is 1.44. The molecule has 0 saturated heterocycles. The van der Waals surface area contributed by atoms with Crippen LogP contribution in [0, 0.1) is 0 Å². The van der Waals surface area contributed by atoms with Gasteiger partial charge >= 0.3 is 0 Å². The normalized spacial score (nSPS) is 14.1. The molecule has 2 aromatic heterocycles. The molecule has 0 atom stereocenters. The molecule has 0 saturated carbocycles. The zero-order valence-corrected chi connectivity index (χ0v) is 20.5. The van der Waals surface area contributed by atoms with Crippen LogP contribution in [-0.2, 0) is 4.57 Å². The molecule has 5 rings (SSSR count). The van der Waals surface area contributed by atoms with E-state index in [1.165, 1.54) is 5.57 Å². The van der Waals surface area contributed by atoms with E-state index in [9.17, 15) is 4.57 Å². The third kappa shape index (κ3) is 4.71. The summed E-state index contributed by atoms with van der Waals surface area (Å²) in [7, 11) is -2.49. The van der Waals surface area contributed by atoms with E-state index in [1.807, 2.05) is 42.5 Å². The first-order valence-corrected chi connectivity index (χ1v) is 14.0. The number of halogens is 1. The van der Waals surface area contributed by atoms with Crippen molar-refractivity contribution in [2.75, 3.05) is 37.1 Å². The number of hydrogen-bond donors (Lipinski definition) is 4. The molecule has 34 heavy (non-hydrogen) atoms. The van der Waals surface area contributed by atoms with Crippen LogP contribution in [0.1, 0.15) is 12.1 Å². The number of nitrogens with one attached hydrogen (secondary N) is 4. The SMILES string of the molecule is CP(C)(=O)c1ccccc1Nc1nc(Nc2ccc3[nH]nc(C4=CCNCC4)c3c2)ncc1Cl. The molecule has 174 valence electrons. The summed E-state index contributed by atoms with van der Waals surface area (Å²) in [4.78, 5) is 8.90. The minimum Gasteiger partial charge on any atom is -0.338 e. The summed E-state index contributed by atoms with van der Waals surface area (Å²) in [6, 6.07) is 13.5. The third-order valence-corrected chi connectivity index (χ3v) is 7.50. The van der Waals surface area contributed by atoms with Gasteiger partial charge in [-0.05, 0) is 62.2 Å². The molecule has 4 N–H and O–H groups in total. The van der Waals surface area contributed by atoms with Gasteiger partial charge in [0.1, 0.15) is 12.2 Å². The predicted molar refractivity (Wildman–Crippen MR) is 141 cm³/mol. The molecule has 0 spiro atoms. The standard InChI is InChI=1S/C24H25ClN7OP/c1-34(2,33)21-6-4-3-5-20(21)29-23-18(25)14-27-24(30-23)28-16-7-8-19-17(13-16)22(32-31-19)15-9-11-26-12-10-15/h3-9,13-14,26H,10-12H2,1-2H3,(H,31,32)(H2,27,28,29,30). The monoisotopic (exact) mass is 493 g/mol. The van der Waals surface area contributed by atoms with Crippen molar-refractivity contribution < 1.29 is 4.57 Å². The first-order valence-electron chi connectivity index (χ1n) is 11.0. The van der Waals surface area contributed by atoms with Crippen LogP contribution in [-0.4, -0.2) is 46.6 Å². The van der Waals surface area contributed by atoms with Crippen LogP contribution in [0.15, 0.2) is 54.7 Å². The summed E-state index contributed by atoms with van der Waals surface area (Å²) in [6.07, 6.45) is 4.67. The van der Waals surface area contributed by atoms with Gasteiger partial charge in [0.05, 0.1) is 23.1 Å². The van der Waals surface area contributed by atoms with Crippen molar-refractivity contribution in [1.82, 2.24) is 25.5 Å². The largest absolute Gasteiger partial charge is 0.338 e. The molecule has 3 heterocycles. The van der Waals surface area contributed by atoms with E-state index in [0.29, 0.717) is 22.5 Å². The van der Waals surface area contributed by atoms with Gasteiger partial charge in [0.15, 0.2) is 5.82 Å². The van der Waals surface area contributed by atoms with Gasteiger partial charge in [0.2, 0.25) is 5.95 Å². The van der Waals surface area contributed by atoms with Crippen molar-refractivity contribution >= 4 is 63.7 Å². The number of benzene rings is 2. The molecule has 0 bridgehead atoms. The van der Waals surface area contributed by atoms with E-state index >= 15 is 0 Å². The Morgan fingerprint density at radius 3 is 2.76 bits per heavy atom. The fraction of sp³-hybridized carbons (Fsp3) is 0.208. The van der Waals surface area contributed by atoms with Crippen molar-refractivity contribution in [1.29, 1.82) is 0 Å². The lowest BCUT2D eigenvalue weighted by atomic mass is 10.0. The fourth-order valence-corrected chi connectivity index (χ4v) is 5.29. The number of rotatable bonds is 6. The van der Waals surface area contributed by atoms with E-state index in [4.69, 9.17) is 11.6 Å². The highest BCUT2D eigenvalue weighted by Crippen LogP contribution is 2.38. The molecule has 0 amide bonds. The molecular weight excluding hydrogens is 469 g/mol. The van der Waals surface area contributed by atoms with E-state index in [2.05, 4.69) is 42.2 Å². The van der Waals surface area contributed by atoms with E-state index in [-0.39, 0.29) is 0 Å². The number of H-pyrrole nitrogens is 1. The van der Waals surface area contributed by atoms with Crippen molar-refractivity contribution in [3.05, 3.63) is 65.5 Å². The highest BCUT2D eigenvalue weighted by Gasteiger charge is 2.17. The van der Waals surface area contributed by atoms with E-state index < -0.39 is 7.14 Å². The van der Waals surface area contributed by atoms with E-state index in [1.54, 1.807) is 19.5 Å². The molecule has 0 unspecified atom stereocenters. The minimum atomic E-state index is -2.49. The highest BCUT2D eigenvalue weighted by atomic mass is 35.5. The second kappa shape index (κ2) is 9.22. The van der Waals surface area contributed by atoms with Crippen LogP contribution in [0.25, 0.3) is 16.5 Å². The smallest absolute Gasteiger partial charge is 0.229 e. The maximum atomic E-state index is 12.7. The molecular formula is C24H25ClN7OP. The molecule has 2 aromatic carbocycles. The molecule has 8 nitrogen and oxygen atoms in total. The highest BCUT2D eigenvalue weighted by molar-refractivity contribution is 7.70. The molecule has 4 aromatic rings. The van der Waals surface area contributed by atoms with Crippen LogP contribution in [0.5, 0.6) is 0 Å². The number of hydrogen-bond acceptors (Lipinski definition) is 7. The number of aromatic nitrogens is 4. The maximum absolute atomic E-state index is 12.7. The number of aromatic amines is 1. The third-order valence-electron chi connectivity index (χ3n) is 5.67. The molecule has 0 aliphatic carbocycles. The lowest BCUT2D eigenvalue weighted by molar-refractivity contribution is 0.588. The zero-order valence-electron chi connectivity index (χ0n) is 18.9. The quantitative estimate of drug-likeness (QED) is 0.276. The number of nitrogens with zero attached hydrogens (tertiary/aromatic N) is 3. The summed E-state index contributed by atoms with van der Waals surface area (Å²) in [5.74, 6) is 0.830. The van der Waals surface area contributed by atoms with Crippen LogP contribution in [0.3, 0.4) is 0 Å². The predicted octanol–water partition coefficient (Wildman–Crippen LogP) is 5.12. The van der Waals surface area contributed by atoms with Gasteiger partial charge in [-0.3, -0.25) is 5.10 Å². The van der Waals surface area contributed by atoms with Gasteiger partial charge in [0.25, 0.3) is 0 Å². The van der Waals surface area contributed by atoms with Crippen molar-refractivity contribution in [3.63, 3.8) is 0 Å². The Labute approximate surface area is 202 Å². The van der Waals surface area contributed by atoms with Crippen LogP contribution < -0.4 is 21.3 Å². The average Bonchev–Trinajstić information content (AvgIpc) is 3.25. The molecule has 1 aliphatic rings. The number of para-hydroxylation sites is 1. The lowest BCUT2D eigenvalue weighted by Crippen LogP contribution is -2.20. The summed E-state index contributed by atoms with van der Waals surface area (Å²) < 4.78 is 12.7. The van der Waals surface area contributed by atoms with Gasteiger partial charge in [0, 0.05) is 22.9 Å². The van der Waals surface area contributed by atoms with Crippen molar-refractivity contribution in [2.45, 2.75) is 6.42 Å². The van der Waals surface area contributed by atoms with Crippen molar-refractivity contribution in [3.8, 4) is 0 Å². The first kappa shape index (κ1) is 22.6. The Kier molecular flexibility index (Phi) is 6.13. The average molecular weight is 494 g/mol. The van der Waals surface area contributed by atoms with Crippen LogP contribution in [0.2, 0.25) is 5.02 Å². The number of anilines is 4. The minimum absolute atomic E-state index is 0.368. The Morgan fingerprint density at radius 2 is 1.97 bits per heavy atom. The lowest BCUT2D eigenvalue weighted by Gasteiger charge is -2.16. The van der Waals surface area contributed by atoms with Gasteiger partial charge in [-0.1, -0.05) is 29.8 Å². The van der Waals surface area contributed by atoms with Gasteiger partial charge < -0.3 is 20.5 Å². The molecule has 0 radical (unpaired) electrons. The Bertz CT molecular complexity index is 1440. The summed E-state index contributed by atoms with van der Waals surface area (Å²) in [5.41, 5.74) is 4.73. The van der Waals surface area contributed by atoms with Gasteiger partial charge in [-0.15, -0.1) is 0 Å². The Hall–Kier alpha value is -3.19. The van der Waals surface area contributed by atoms with Gasteiger partial charge in [-0.25, -0.2) is 4.98 Å². The Morgan fingerprint density at radius 1 is 1.12 bits per heavy atom. The van der Waals surface area contributed by atoms with Gasteiger partial charge in [-0.2, -0.15) is 10.1 Å². The summed E-state index contributed by atoms with van der Waals surface area (Å²) in [6.45, 7) is 5.27. The van der Waals surface area contributed by atoms with Crippen molar-refractivity contribution in [2.24, 2.45) is 0 Å². The van der Waals surface area contributed by atoms with Crippen LogP contribution >= 0.6 is 18.7 Å². The zero-order chi connectivity index (χ0) is 23.7. The molecule has 10 heteroatoms. The fourth-order valence-electron chi connectivity index (χ4n) is 3.99. The molecule has 0 fully saturated rings. The van der Waals surface area contributed by atoms with Crippen LogP contribution in [0.4, 0.5) is 23.1 Å².